The summed E-state index contributed by atoms with van der Waals surface area (Å²) in [5.41, 5.74) is 4.99. The van der Waals surface area contributed by atoms with Crippen molar-refractivity contribution in [1.82, 2.24) is 15.3 Å². The molecule has 0 spiro atoms. The molecule has 0 radical (unpaired) electrons. The Kier molecular flexibility index (Phi) is 4.25. The van der Waals surface area contributed by atoms with Gasteiger partial charge in [-0.3, -0.25) is 0 Å². The molecule has 3 rings (SSSR count). The van der Waals surface area contributed by atoms with Crippen LogP contribution in [0.4, 0.5) is 5.69 Å². The lowest BCUT2D eigenvalue weighted by atomic mass is 10.0. The maximum absolute atomic E-state index is 4.34. The number of hydrogen-bond acceptors (Lipinski definition) is 3. The first-order valence-corrected chi connectivity index (χ1v) is 7.76. The van der Waals surface area contributed by atoms with E-state index in [1.807, 2.05) is 0 Å². The van der Waals surface area contributed by atoms with Crippen LogP contribution in [0.15, 0.2) is 30.6 Å². The highest BCUT2D eigenvalue weighted by Crippen LogP contribution is 2.21. The molecule has 1 aliphatic heterocycles. The molecule has 112 valence electrons. The Morgan fingerprint density at radius 2 is 2.10 bits per heavy atom. The Morgan fingerprint density at radius 3 is 2.76 bits per heavy atom. The van der Waals surface area contributed by atoms with Crippen LogP contribution in [0.5, 0.6) is 0 Å². The van der Waals surface area contributed by atoms with Gasteiger partial charge in [-0.15, -0.1) is 0 Å². The van der Waals surface area contributed by atoms with Gasteiger partial charge in [-0.05, 0) is 44.4 Å². The van der Waals surface area contributed by atoms with Gasteiger partial charge in [0.05, 0.1) is 12.0 Å². The van der Waals surface area contributed by atoms with Crippen molar-refractivity contribution < 1.29 is 0 Å². The third-order valence-electron chi connectivity index (χ3n) is 4.35. The van der Waals surface area contributed by atoms with E-state index in [9.17, 15) is 0 Å². The number of aryl methyl sites for hydroxylation is 2. The van der Waals surface area contributed by atoms with Gasteiger partial charge >= 0.3 is 0 Å². The highest BCUT2D eigenvalue weighted by molar-refractivity contribution is 5.48. The molecule has 21 heavy (non-hydrogen) atoms. The molecule has 1 aromatic carbocycles. The van der Waals surface area contributed by atoms with Crippen molar-refractivity contribution in [2.75, 3.05) is 18.0 Å². The minimum atomic E-state index is 0.599. The molecule has 2 N–H and O–H groups in total. The monoisotopic (exact) mass is 284 g/mol. The quantitative estimate of drug-likeness (QED) is 0.907. The van der Waals surface area contributed by atoms with Crippen molar-refractivity contribution in [3.8, 4) is 0 Å². The van der Waals surface area contributed by atoms with Gasteiger partial charge in [0, 0.05) is 37.1 Å². The summed E-state index contributed by atoms with van der Waals surface area (Å²) in [5, 5.41) is 3.64. The fourth-order valence-electron chi connectivity index (χ4n) is 2.97. The van der Waals surface area contributed by atoms with E-state index in [-0.39, 0.29) is 0 Å². The van der Waals surface area contributed by atoms with E-state index >= 15 is 0 Å². The van der Waals surface area contributed by atoms with Gasteiger partial charge in [0.1, 0.15) is 0 Å². The summed E-state index contributed by atoms with van der Waals surface area (Å²) in [5.74, 6) is 0. The molecule has 1 saturated heterocycles. The van der Waals surface area contributed by atoms with Crippen molar-refractivity contribution >= 4 is 5.69 Å². The van der Waals surface area contributed by atoms with E-state index in [1.54, 1.807) is 6.33 Å². The number of H-pyrrole nitrogens is 1. The third kappa shape index (κ3) is 3.45. The summed E-state index contributed by atoms with van der Waals surface area (Å²) in [7, 11) is 0. The van der Waals surface area contributed by atoms with Crippen LogP contribution in [0.2, 0.25) is 0 Å². The van der Waals surface area contributed by atoms with Crippen LogP contribution in [0, 0.1) is 13.8 Å². The van der Waals surface area contributed by atoms with Crippen LogP contribution in [0.25, 0.3) is 0 Å². The number of hydrogen-bond donors (Lipinski definition) is 2. The Balaban J connectivity index is 1.50. The molecule has 0 unspecified atom stereocenters. The SMILES string of the molecule is Cc1cccc(N2CCC(NCc3nc[nH]c3C)CC2)c1. The van der Waals surface area contributed by atoms with Crippen LogP contribution < -0.4 is 10.2 Å². The second-order valence-corrected chi connectivity index (χ2v) is 5.96. The van der Waals surface area contributed by atoms with Crippen molar-refractivity contribution in [2.45, 2.75) is 39.3 Å². The van der Waals surface area contributed by atoms with Crippen LogP contribution in [-0.4, -0.2) is 29.1 Å². The maximum atomic E-state index is 4.34. The first kappa shape index (κ1) is 14.1. The zero-order valence-corrected chi connectivity index (χ0v) is 12.9. The molecule has 1 aliphatic rings. The Morgan fingerprint density at radius 1 is 1.29 bits per heavy atom. The third-order valence-corrected chi connectivity index (χ3v) is 4.35. The fourth-order valence-corrected chi connectivity index (χ4v) is 2.97. The summed E-state index contributed by atoms with van der Waals surface area (Å²) < 4.78 is 0. The van der Waals surface area contributed by atoms with Crippen LogP contribution in [0.3, 0.4) is 0 Å². The van der Waals surface area contributed by atoms with Crippen molar-refractivity contribution in [3.63, 3.8) is 0 Å². The Hall–Kier alpha value is -1.81. The summed E-state index contributed by atoms with van der Waals surface area (Å²) in [6.45, 7) is 7.35. The summed E-state index contributed by atoms with van der Waals surface area (Å²) in [4.78, 5) is 9.97. The van der Waals surface area contributed by atoms with Gasteiger partial charge in [-0.2, -0.15) is 0 Å². The minimum absolute atomic E-state index is 0.599. The van der Waals surface area contributed by atoms with Gasteiger partial charge in [-0.25, -0.2) is 4.98 Å². The number of rotatable bonds is 4. The van der Waals surface area contributed by atoms with E-state index < -0.39 is 0 Å². The zero-order valence-electron chi connectivity index (χ0n) is 12.9. The predicted octanol–water partition coefficient (Wildman–Crippen LogP) is 2.79. The molecular formula is C17H24N4. The molecule has 4 nitrogen and oxygen atoms in total. The van der Waals surface area contributed by atoms with Gasteiger partial charge in [0.25, 0.3) is 0 Å². The number of benzene rings is 1. The lowest BCUT2D eigenvalue weighted by Crippen LogP contribution is -2.42. The van der Waals surface area contributed by atoms with E-state index in [0.717, 1.165) is 25.3 Å². The number of nitrogens with zero attached hydrogens (tertiary/aromatic N) is 2. The summed E-state index contributed by atoms with van der Waals surface area (Å²) >= 11 is 0. The van der Waals surface area contributed by atoms with Crippen molar-refractivity contribution in [2.24, 2.45) is 0 Å². The normalized spacial score (nSPS) is 16.4. The van der Waals surface area contributed by atoms with Gasteiger partial charge < -0.3 is 15.2 Å². The molecule has 0 saturated carbocycles. The second-order valence-electron chi connectivity index (χ2n) is 5.96. The number of aromatic nitrogens is 2. The molecular weight excluding hydrogens is 260 g/mol. The summed E-state index contributed by atoms with van der Waals surface area (Å²) in [6.07, 6.45) is 4.15. The lowest BCUT2D eigenvalue weighted by molar-refractivity contribution is 0.412. The standard InChI is InChI=1S/C17H24N4/c1-13-4-3-5-16(10-13)21-8-6-15(7-9-21)18-11-17-14(2)19-12-20-17/h3-5,10,12,15,18H,6-9,11H2,1-2H3,(H,19,20). The number of imidazole rings is 1. The van der Waals surface area contributed by atoms with Gasteiger partial charge in [-0.1, -0.05) is 12.1 Å². The van der Waals surface area contributed by atoms with Crippen LogP contribution >= 0.6 is 0 Å². The number of piperidine rings is 1. The second kappa shape index (κ2) is 6.31. The predicted molar refractivity (Wildman–Crippen MR) is 86.6 cm³/mol. The average Bonchev–Trinajstić information content (AvgIpc) is 2.91. The topological polar surface area (TPSA) is 44.0 Å². The number of aromatic amines is 1. The van der Waals surface area contributed by atoms with Crippen LogP contribution in [0.1, 0.15) is 29.8 Å². The highest BCUT2D eigenvalue weighted by atomic mass is 15.1. The zero-order chi connectivity index (χ0) is 14.7. The van der Waals surface area contributed by atoms with E-state index in [1.165, 1.54) is 29.8 Å². The molecule has 0 atom stereocenters. The number of anilines is 1. The molecule has 2 aromatic rings. The van der Waals surface area contributed by atoms with Gasteiger partial charge in [0.15, 0.2) is 0 Å². The van der Waals surface area contributed by atoms with E-state index in [2.05, 4.69) is 58.3 Å². The molecule has 2 heterocycles. The fraction of sp³-hybridized carbons (Fsp3) is 0.471. The first-order valence-electron chi connectivity index (χ1n) is 7.76. The lowest BCUT2D eigenvalue weighted by Gasteiger charge is -2.34. The molecule has 0 bridgehead atoms. The average molecular weight is 284 g/mol. The molecule has 0 amide bonds. The van der Waals surface area contributed by atoms with E-state index in [0.29, 0.717) is 6.04 Å². The minimum Gasteiger partial charge on any atom is -0.371 e. The van der Waals surface area contributed by atoms with Crippen molar-refractivity contribution in [1.29, 1.82) is 0 Å². The number of nitrogens with one attached hydrogen (secondary N) is 2. The van der Waals surface area contributed by atoms with Crippen LogP contribution in [-0.2, 0) is 6.54 Å². The highest BCUT2D eigenvalue weighted by Gasteiger charge is 2.19. The molecule has 1 fully saturated rings. The largest absolute Gasteiger partial charge is 0.371 e. The molecule has 0 aliphatic carbocycles. The Bertz CT molecular complexity index is 582. The first-order chi connectivity index (χ1) is 10.2. The van der Waals surface area contributed by atoms with Crippen molar-refractivity contribution in [3.05, 3.63) is 47.5 Å². The van der Waals surface area contributed by atoms with E-state index in [4.69, 9.17) is 0 Å². The smallest absolute Gasteiger partial charge is 0.0925 e. The Labute approximate surface area is 126 Å². The maximum Gasteiger partial charge on any atom is 0.0925 e. The molecule has 4 heteroatoms. The van der Waals surface area contributed by atoms with Gasteiger partial charge in [0.2, 0.25) is 0 Å². The molecule has 1 aromatic heterocycles. The summed E-state index contributed by atoms with van der Waals surface area (Å²) in [6, 6.07) is 9.40.